The van der Waals surface area contributed by atoms with Crippen molar-refractivity contribution < 1.29 is 9.18 Å². The number of aryl methyl sites for hydroxylation is 1. The summed E-state index contributed by atoms with van der Waals surface area (Å²) < 4.78 is 14.1. The maximum Gasteiger partial charge on any atom is 0.281 e. The monoisotopic (exact) mass is 286 g/mol. The van der Waals surface area contributed by atoms with Gasteiger partial charge in [0.05, 0.1) is 11.9 Å². The first kappa shape index (κ1) is 12.8. The number of hydrogen-bond donors (Lipinski definition) is 0. The second-order valence-corrected chi connectivity index (χ2v) is 4.45. The summed E-state index contributed by atoms with van der Waals surface area (Å²) in [5, 5.41) is 0. The van der Waals surface area contributed by atoms with Gasteiger partial charge in [-0.2, -0.15) is 4.99 Å². The van der Waals surface area contributed by atoms with Crippen LogP contribution in [0.5, 0.6) is 0 Å². The lowest BCUT2D eigenvalue weighted by Gasteiger charge is -2.04. The Labute approximate surface area is 102 Å². The molecule has 1 amide bonds. The zero-order chi connectivity index (χ0) is 12.3. The van der Waals surface area contributed by atoms with Crippen molar-refractivity contribution in [2.24, 2.45) is 4.99 Å². The van der Waals surface area contributed by atoms with Crippen molar-refractivity contribution in [3.05, 3.63) is 33.5 Å². The van der Waals surface area contributed by atoms with Gasteiger partial charge in [-0.05, 0) is 24.6 Å². The third-order valence-corrected chi connectivity index (χ3v) is 2.74. The van der Waals surface area contributed by atoms with E-state index >= 15 is 0 Å². The summed E-state index contributed by atoms with van der Waals surface area (Å²) in [5.41, 5.74) is 0.781. The van der Waals surface area contributed by atoms with Crippen molar-refractivity contribution in [3.8, 4) is 0 Å². The van der Waals surface area contributed by atoms with Crippen LogP contribution in [0.1, 0.15) is 15.9 Å². The van der Waals surface area contributed by atoms with Crippen LogP contribution in [-0.4, -0.2) is 31.2 Å². The Morgan fingerprint density at radius 1 is 1.50 bits per heavy atom. The van der Waals surface area contributed by atoms with Gasteiger partial charge in [0.25, 0.3) is 5.91 Å². The van der Waals surface area contributed by atoms with Crippen LogP contribution in [0.3, 0.4) is 0 Å². The highest BCUT2D eigenvalue weighted by molar-refractivity contribution is 9.10. The predicted octanol–water partition coefficient (Wildman–Crippen LogP) is 2.63. The van der Waals surface area contributed by atoms with Crippen LogP contribution in [0.2, 0.25) is 0 Å². The van der Waals surface area contributed by atoms with Gasteiger partial charge >= 0.3 is 0 Å². The van der Waals surface area contributed by atoms with Gasteiger partial charge in [-0.3, -0.25) is 4.79 Å². The molecule has 0 aliphatic rings. The number of rotatable bonds is 2. The minimum absolute atomic E-state index is 0.0150. The van der Waals surface area contributed by atoms with Gasteiger partial charge in [-0.25, -0.2) is 4.39 Å². The van der Waals surface area contributed by atoms with Gasteiger partial charge in [0.15, 0.2) is 0 Å². The number of halogens is 2. The number of benzene rings is 1. The molecule has 0 bridgehead atoms. The van der Waals surface area contributed by atoms with Gasteiger partial charge in [-0.15, -0.1) is 0 Å². The van der Waals surface area contributed by atoms with E-state index in [2.05, 4.69) is 20.9 Å². The fraction of sp³-hybridized carbons (Fsp3) is 0.273. The SMILES string of the molecule is Cc1cc(C(=O)/N=C/N(C)C)c(F)cc1Br. The highest BCUT2D eigenvalue weighted by Gasteiger charge is 2.12. The Balaban J connectivity index is 3.05. The summed E-state index contributed by atoms with van der Waals surface area (Å²) in [4.78, 5) is 16.8. The van der Waals surface area contributed by atoms with E-state index in [-0.39, 0.29) is 5.56 Å². The van der Waals surface area contributed by atoms with Crippen LogP contribution in [-0.2, 0) is 0 Å². The summed E-state index contributed by atoms with van der Waals surface area (Å²) in [6.07, 6.45) is 1.35. The quantitative estimate of drug-likeness (QED) is 0.618. The van der Waals surface area contributed by atoms with Crippen molar-refractivity contribution in [1.29, 1.82) is 0 Å². The molecule has 0 aliphatic carbocycles. The molecule has 0 atom stereocenters. The molecule has 0 radical (unpaired) electrons. The zero-order valence-corrected chi connectivity index (χ0v) is 10.9. The Bertz CT molecular complexity index is 444. The number of hydrogen-bond acceptors (Lipinski definition) is 1. The first-order valence-corrected chi connectivity index (χ1v) is 5.41. The highest BCUT2D eigenvalue weighted by atomic mass is 79.9. The minimum Gasteiger partial charge on any atom is -0.369 e. The molecule has 0 heterocycles. The van der Waals surface area contributed by atoms with E-state index in [0.29, 0.717) is 4.47 Å². The molecule has 0 saturated carbocycles. The molecule has 16 heavy (non-hydrogen) atoms. The summed E-state index contributed by atoms with van der Waals surface area (Å²) in [6.45, 7) is 1.79. The molecule has 0 aromatic heterocycles. The molecule has 0 fully saturated rings. The van der Waals surface area contributed by atoms with E-state index in [4.69, 9.17) is 0 Å². The maximum atomic E-state index is 13.5. The fourth-order valence-electron chi connectivity index (χ4n) is 1.06. The van der Waals surface area contributed by atoms with Crippen molar-refractivity contribution in [1.82, 2.24) is 4.90 Å². The third kappa shape index (κ3) is 3.13. The predicted molar refractivity (Wildman–Crippen MR) is 65.3 cm³/mol. The first-order chi connectivity index (χ1) is 7.41. The fourth-order valence-corrected chi connectivity index (χ4v) is 1.37. The summed E-state index contributed by atoms with van der Waals surface area (Å²) >= 11 is 3.19. The number of aliphatic imine (C=N–C) groups is 1. The van der Waals surface area contributed by atoms with Crippen molar-refractivity contribution >= 4 is 28.2 Å². The maximum absolute atomic E-state index is 13.5. The lowest BCUT2D eigenvalue weighted by atomic mass is 10.1. The largest absolute Gasteiger partial charge is 0.369 e. The van der Waals surface area contributed by atoms with Crippen LogP contribution in [0.25, 0.3) is 0 Å². The normalized spacial score (nSPS) is 10.8. The molecule has 86 valence electrons. The third-order valence-electron chi connectivity index (χ3n) is 1.88. The zero-order valence-electron chi connectivity index (χ0n) is 9.29. The van der Waals surface area contributed by atoms with Gasteiger partial charge in [0.2, 0.25) is 0 Å². The second kappa shape index (κ2) is 5.21. The Morgan fingerprint density at radius 2 is 2.12 bits per heavy atom. The van der Waals surface area contributed by atoms with Crippen LogP contribution < -0.4 is 0 Å². The molecule has 0 spiro atoms. The molecular weight excluding hydrogens is 275 g/mol. The molecule has 0 saturated heterocycles. The highest BCUT2D eigenvalue weighted by Crippen LogP contribution is 2.20. The van der Waals surface area contributed by atoms with Crippen LogP contribution >= 0.6 is 15.9 Å². The molecule has 0 aliphatic heterocycles. The smallest absolute Gasteiger partial charge is 0.281 e. The van der Waals surface area contributed by atoms with Crippen LogP contribution in [0.15, 0.2) is 21.6 Å². The Morgan fingerprint density at radius 3 is 2.69 bits per heavy atom. The standard InChI is InChI=1S/C11H12BrFN2O/c1-7-4-8(10(13)5-9(7)12)11(16)14-6-15(2)3/h4-6H,1-3H3/b14-6+. The number of carbonyl (C=O) groups excluding carboxylic acids is 1. The molecular formula is C11H12BrFN2O. The van der Waals surface area contributed by atoms with Gasteiger partial charge < -0.3 is 4.90 Å². The molecule has 1 rings (SSSR count). The van der Waals surface area contributed by atoms with Crippen molar-refractivity contribution in [2.45, 2.75) is 6.92 Å². The molecule has 1 aromatic rings. The summed E-state index contributed by atoms with van der Waals surface area (Å²) in [5.74, 6) is -1.15. The summed E-state index contributed by atoms with van der Waals surface area (Å²) in [7, 11) is 3.47. The van der Waals surface area contributed by atoms with Crippen molar-refractivity contribution in [3.63, 3.8) is 0 Å². The van der Waals surface area contributed by atoms with Gasteiger partial charge in [0, 0.05) is 18.6 Å². The lowest BCUT2D eigenvalue weighted by molar-refractivity contribution is 0.0998. The molecule has 1 aromatic carbocycles. The average Bonchev–Trinajstić information content (AvgIpc) is 2.20. The lowest BCUT2D eigenvalue weighted by Crippen LogP contribution is -2.10. The molecule has 0 unspecified atom stereocenters. The topological polar surface area (TPSA) is 32.7 Å². The second-order valence-electron chi connectivity index (χ2n) is 3.59. The van der Waals surface area contributed by atoms with E-state index in [1.54, 1.807) is 25.9 Å². The van der Waals surface area contributed by atoms with E-state index < -0.39 is 11.7 Å². The van der Waals surface area contributed by atoms with Gasteiger partial charge in [-0.1, -0.05) is 15.9 Å². The number of carbonyl (C=O) groups is 1. The van der Waals surface area contributed by atoms with Gasteiger partial charge in [0.1, 0.15) is 5.82 Å². The minimum atomic E-state index is -0.582. The Hall–Kier alpha value is -1.23. The first-order valence-electron chi connectivity index (χ1n) is 4.62. The van der Waals surface area contributed by atoms with Crippen LogP contribution in [0.4, 0.5) is 4.39 Å². The summed E-state index contributed by atoms with van der Waals surface area (Å²) in [6, 6.07) is 2.75. The van der Waals surface area contributed by atoms with E-state index in [1.807, 2.05) is 0 Å². The number of nitrogens with zero attached hydrogens (tertiary/aromatic N) is 2. The van der Waals surface area contributed by atoms with E-state index in [9.17, 15) is 9.18 Å². The molecule has 0 N–H and O–H groups in total. The van der Waals surface area contributed by atoms with E-state index in [0.717, 1.165) is 5.56 Å². The van der Waals surface area contributed by atoms with Crippen molar-refractivity contribution in [2.75, 3.05) is 14.1 Å². The molecule has 3 nitrogen and oxygen atoms in total. The van der Waals surface area contributed by atoms with E-state index in [1.165, 1.54) is 18.5 Å². The average molecular weight is 287 g/mol. The number of amides is 1. The Kier molecular flexibility index (Phi) is 4.18. The van der Waals surface area contributed by atoms with Crippen LogP contribution in [0, 0.1) is 12.7 Å². The molecule has 5 heteroatoms.